The highest BCUT2D eigenvalue weighted by Crippen LogP contribution is 2.26. The van der Waals surface area contributed by atoms with Crippen molar-refractivity contribution in [1.29, 1.82) is 0 Å². The van der Waals surface area contributed by atoms with Gasteiger partial charge in [-0.05, 0) is 30.2 Å². The maximum Gasteiger partial charge on any atom is 0.224 e. The number of rotatable bonds is 4. The normalized spacial score (nSPS) is 10.2. The summed E-state index contributed by atoms with van der Waals surface area (Å²) >= 11 is 5.77. The second kappa shape index (κ2) is 6.25. The molecule has 0 radical (unpaired) electrons. The lowest BCUT2D eigenvalue weighted by atomic mass is 10.1. The highest BCUT2D eigenvalue weighted by molar-refractivity contribution is 6.32. The molecule has 0 fully saturated rings. The van der Waals surface area contributed by atoms with Gasteiger partial charge in [-0.1, -0.05) is 41.9 Å². The predicted molar refractivity (Wildman–Crippen MR) is 76.5 cm³/mol. The maximum absolute atomic E-state index is 11.8. The summed E-state index contributed by atoms with van der Waals surface area (Å²) in [5, 5.41) is 12.3. The van der Waals surface area contributed by atoms with Gasteiger partial charge in [-0.2, -0.15) is 0 Å². The summed E-state index contributed by atoms with van der Waals surface area (Å²) in [6.07, 6.45) is 1.10. The number of aromatic hydroxyl groups is 1. The molecule has 0 saturated heterocycles. The Hall–Kier alpha value is -2.00. The lowest BCUT2D eigenvalue weighted by Crippen LogP contribution is -2.12. The summed E-state index contributed by atoms with van der Waals surface area (Å²) in [6, 6.07) is 14.4. The monoisotopic (exact) mass is 275 g/mol. The molecular weight excluding hydrogens is 262 g/mol. The Morgan fingerprint density at radius 3 is 2.58 bits per heavy atom. The summed E-state index contributed by atoms with van der Waals surface area (Å²) in [4.78, 5) is 11.8. The van der Waals surface area contributed by atoms with Crippen LogP contribution in [0.4, 0.5) is 5.69 Å². The second-order valence-electron chi connectivity index (χ2n) is 4.20. The zero-order valence-electron chi connectivity index (χ0n) is 10.3. The molecule has 0 heterocycles. The fourth-order valence-electron chi connectivity index (χ4n) is 1.71. The molecule has 0 aliphatic carbocycles. The first-order valence-corrected chi connectivity index (χ1v) is 6.35. The van der Waals surface area contributed by atoms with Crippen molar-refractivity contribution in [2.75, 3.05) is 5.32 Å². The van der Waals surface area contributed by atoms with Crippen LogP contribution in [0.5, 0.6) is 5.75 Å². The van der Waals surface area contributed by atoms with Crippen LogP contribution in [0.1, 0.15) is 12.0 Å². The summed E-state index contributed by atoms with van der Waals surface area (Å²) in [5.41, 5.74) is 1.71. The number of nitrogens with one attached hydrogen (secondary N) is 1. The van der Waals surface area contributed by atoms with Gasteiger partial charge in [-0.25, -0.2) is 0 Å². The second-order valence-corrected chi connectivity index (χ2v) is 4.61. The SMILES string of the molecule is O=C(CCc1ccccc1)Nc1ccc(O)c(Cl)c1. The molecule has 2 aromatic rings. The average Bonchev–Trinajstić information content (AvgIpc) is 2.42. The Morgan fingerprint density at radius 2 is 1.89 bits per heavy atom. The van der Waals surface area contributed by atoms with E-state index in [9.17, 15) is 9.90 Å². The van der Waals surface area contributed by atoms with Gasteiger partial charge in [0.2, 0.25) is 5.91 Å². The average molecular weight is 276 g/mol. The first-order chi connectivity index (χ1) is 9.15. The van der Waals surface area contributed by atoms with E-state index in [4.69, 9.17) is 11.6 Å². The maximum atomic E-state index is 11.8. The third-order valence-electron chi connectivity index (χ3n) is 2.72. The number of hydrogen-bond acceptors (Lipinski definition) is 2. The van der Waals surface area contributed by atoms with E-state index in [1.54, 1.807) is 6.07 Å². The molecule has 98 valence electrons. The minimum atomic E-state index is -0.0781. The van der Waals surface area contributed by atoms with Crippen LogP contribution in [0, 0.1) is 0 Å². The van der Waals surface area contributed by atoms with E-state index < -0.39 is 0 Å². The molecule has 3 nitrogen and oxygen atoms in total. The highest BCUT2D eigenvalue weighted by atomic mass is 35.5. The minimum absolute atomic E-state index is 0.00366. The van der Waals surface area contributed by atoms with Crippen LogP contribution in [0.3, 0.4) is 0 Å². The molecule has 2 rings (SSSR count). The Morgan fingerprint density at radius 1 is 1.16 bits per heavy atom. The van der Waals surface area contributed by atoms with Gasteiger partial charge >= 0.3 is 0 Å². The van der Waals surface area contributed by atoms with E-state index in [2.05, 4.69) is 5.32 Å². The molecule has 1 amide bonds. The van der Waals surface area contributed by atoms with Gasteiger partial charge in [0.05, 0.1) is 5.02 Å². The van der Waals surface area contributed by atoms with Crippen molar-refractivity contribution in [2.24, 2.45) is 0 Å². The lowest BCUT2D eigenvalue weighted by molar-refractivity contribution is -0.116. The van der Waals surface area contributed by atoms with Crippen LogP contribution in [0.25, 0.3) is 0 Å². The highest BCUT2D eigenvalue weighted by Gasteiger charge is 2.05. The summed E-state index contributed by atoms with van der Waals surface area (Å²) in [7, 11) is 0. The van der Waals surface area contributed by atoms with Crippen LogP contribution in [0.15, 0.2) is 48.5 Å². The summed E-state index contributed by atoms with van der Waals surface area (Å²) in [5.74, 6) is -0.0745. The summed E-state index contributed by atoms with van der Waals surface area (Å²) in [6.45, 7) is 0. The van der Waals surface area contributed by atoms with Gasteiger partial charge in [-0.3, -0.25) is 4.79 Å². The first-order valence-electron chi connectivity index (χ1n) is 5.97. The number of carbonyl (C=O) groups excluding carboxylic acids is 1. The molecule has 0 bridgehead atoms. The number of phenols is 1. The van der Waals surface area contributed by atoms with E-state index in [0.717, 1.165) is 5.56 Å². The molecule has 0 aliphatic heterocycles. The van der Waals surface area contributed by atoms with Crippen LogP contribution in [-0.2, 0) is 11.2 Å². The third-order valence-corrected chi connectivity index (χ3v) is 3.02. The zero-order chi connectivity index (χ0) is 13.7. The number of benzene rings is 2. The molecule has 0 unspecified atom stereocenters. The predicted octanol–water partition coefficient (Wildman–Crippen LogP) is 3.62. The van der Waals surface area contributed by atoms with Crippen molar-refractivity contribution in [3.8, 4) is 5.75 Å². The third kappa shape index (κ3) is 4.00. The van der Waals surface area contributed by atoms with Crippen molar-refractivity contribution < 1.29 is 9.90 Å². The van der Waals surface area contributed by atoms with Crippen LogP contribution >= 0.6 is 11.6 Å². The fourth-order valence-corrected chi connectivity index (χ4v) is 1.89. The van der Waals surface area contributed by atoms with E-state index in [-0.39, 0.29) is 16.7 Å². The van der Waals surface area contributed by atoms with Gasteiger partial charge in [0.1, 0.15) is 5.75 Å². The van der Waals surface area contributed by atoms with E-state index in [1.165, 1.54) is 12.1 Å². The van der Waals surface area contributed by atoms with E-state index in [1.807, 2.05) is 30.3 Å². The van der Waals surface area contributed by atoms with Crippen LogP contribution < -0.4 is 5.32 Å². The Balaban J connectivity index is 1.89. The van der Waals surface area contributed by atoms with Gasteiger partial charge in [0, 0.05) is 12.1 Å². The molecule has 0 aromatic heterocycles. The van der Waals surface area contributed by atoms with Crippen molar-refractivity contribution in [3.05, 3.63) is 59.1 Å². The minimum Gasteiger partial charge on any atom is -0.506 e. The van der Waals surface area contributed by atoms with Gasteiger partial charge in [0.25, 0.3) is 0 Å². The molecule has 4 heteroatoms. The van der Waals surface area contributed by atoms with Crippen molar-refractivity contribution in [3.63, 3.8) is 0 Å². The molecule has 2 N–H and O–H groups in total. The number of aryl methyl sites for hydroxylation is 1. The van der Waals surface area contributed by atoms with Crippen molar-refractivity contribution in [2.45, 2.75) is 12.8 Å². The number of anilines is 1. The van der Waals surface area contributed by atoms with Crippen LogP contribution in [0.2, 0.25) is 5.02 Å². The van der Waals surface area contributed by atoms with E-state index >= 15 is 0 Å². The molecule has 2 aromatic carbocycles. The molecule has 0 spiro atoms. The largest absolute Gasteiger partial charge is 0.506 e. The lowest BCUT2D eigenvalue weighted by Gasteiger charge is -2.06. The molecule has 0 aliphatic rings. The van der Waals surface area contributed by atoms with Crippen molar-refractivity contribution in [1.82, 2.24) is 0 Å². The molecule has 19 heavy (non-hydrogen) atoms. The molecule has 0 atom stereocenters. The fraction of sp³-hybridized carbons (Fsp3) is 0.133. The topological polar surface area (TPSA) is 49.3 Å². The first kappa shape index (κ1) is 13.4. The standard InChI is InChI=1S/C15H14ClNO2/c16-13-10-12(7-8-14(13)18)17-15(19)9-6-11-4-2-1-3-5-11/h1-5,7-8,10,18H,6,9H2,(H,17,19). The molecular formula is C15H14ClNO2. The van der Waals surface area contributed by atoms with Gasteiger partial charge in [-0.15, -0.1) is 0 Å². The number of halogens is 1. The summed E-state index contributed by atoms with van der Waals surface area (Å²) < 4.78 is 0. The quantitative estimate of drug-likeness (QED) is 0.838. The Bertz CT molecular complexity index is 570. The van der Waals surface area contributed by atoms with Crippen LogP contribution in [-0.4, -0.2) is 11.0 Å². The Kier molecular flexibility index (Phi) is 4.42. The van der Waals surface area contributed by atoms with Gasteiger partial charge < -0.3 is 10.4 Å². The zero-order valence-corrected chi connectivity index (χ0v) is 11.0. The van der Waals surface area contributed by atoms with Gasteiger partial charge in [0.15, 0.2) is 0 Å². The number of hydrogen-bond donors (Lipinski definition) is 2. The van der Waals surface area contributed by atoms with Crippen molar-refractivity contribution >= 4 is 23.2 Å². The smallest absolute Gasteiger partial charge is 0.224 e. The van der Waals surface area contributed by atoms with E-state index in [0.29, 0.717) is 18.5 Å². The number of carbonyl (C=O) groups is 1. The Labute approximate surface area is 116 Å². The molecule has 0 saturated carbocycles. The number of amides is 1. The number of phenolic OH excluding ortho intramolecular Hbond substituents is 1.